The van der Waals surface area contributed by atoms with Crippen LogP contribution in [0.4, 0.5) is 14.6 Å². The fourth-order valence-corrected chi connectivity index (χ4v) is 2.11. The zero-order valence-electron chi connectivity index (χ0n) is 10.6. The monoisotopic (exact) mass is 289 g/mol. The number of hydrogen-bond acceptors (Lipinski definition) is 4. The van der Waals surface area contributed by atoms with E-state index in [1.807, 2.05) is 0 Å². The van der Waals surface area contributed by atoms with Crippen molar-refractivity contribution in [3.8, 4) is 0 Å². The van der Waals surface area contributed by atoms with Crippen LogP contribution in [0.25, 0.3) is 0 Å². The first-order valence-electron chi connectivity index (χ1n) is 6.05. The van der Waals surface area contributed by atoms with Crippen LogP contribution in [0.5, 0.6) is 0 Å². The molecule has 1 aromatic carbocycles. The summed E-state index contributed by atoms with van der Waals surface area (Å²) in [4.78, 5) is 29.1. The summed E-state index contributed by atoms with van der Waals surface area (Å²) < 4.78 is 26.4. The summed E-state index contributed by atoms with van der Waals surface area (Å²) in [5, 5.41) is 0. The Labute approximate surface area is 118 Å². The van der Waals surface area contributed by atoms with E-state index in [1.54, 1.807) is 6.07 Å². The van der Waals surface area contributed by atoms with Crippen LogP contribution in [-0.2, 0) is 6.54 Å². The maximum atomic E-state index is 13.2. The first-order chi connectivity index (χ1) is 10.0. The van der Waals surface area contributed by atoms with E-state index in [4.69, 9.17) is 5.73 Å². The number of carbonyl (C=O) groups excluding carboxylic acids is 2. The number of imide groups is 1. The highest BCUT2D eigenvalue weighted by Crippen LogP contribution is 2.28. The number of carbonyl (C=O) groups is 2. The second-order valence-electron chi connectivity index (χ2n) is 4.49. The van der Waals surface area contributed by atoms with Crippen molar-refractivity contribution in [1.82, 2.24) is 4.98 Å². The lowest BCUT2D eigenvalue weighted by Crippen LogP contribution is -2.30. The first-order valence-corrected chi connectivity index (χ1v) is 6.05. The molecule has 0 unspecified atom stereocenters. The fourth-order valence-electron chi connectivity index (χ4n) is 2.11. The van der Waals surface area contributed by atoms with Crippen LogP contribution in [-0.4, -0.2) is 16.8 Å². The molecule has 0 fully saturated rings. The molecule has 0 saturated carbocycles. The standard InChI is InChI=1S/C14H9F2N3O2/c15-10-3-8-9(4-11(10)16)14(21)19(13(8)20)12-2-1-7(5-17)6-18-12/h1-4,6H,5,17H2. The molecule has 2 heterocycles. The number of nitrogens with two attached hydrogens (primary N) is 1. The average Bonchev–Trinajstić information content (AvgIpc) is 2.72. The largest absolute Gasteiger partial charge is 0.326 e. The Kier molecular flexibility index (Phi) is 2.99. The van der Waals surface area contributed by atoms with Gasteiger partial charge in [0.15, 0.2) is 11.6 Å². The molecular weight excluding hydrogens is 280 g/mol. The van der Waals surface area contributed by atoms with Crippen LogP contribution in [0.15, 0.2) is 30.5 Å². The van der Waals surface area contributed by atoms with E-state index < -0.39 is 23.4 Å². The van der Waals surface area contributed by atoms with Crippen molar-refractivity contribution in [3.63, 3.8) is 0 Å². The van der Waals surface area contributed by atoms with E-state index in [2.05, 4.69) is 4.98 Å². The molecule has 1 aliphatic rings. The van der Waals surface area contributed by atoms with Crippen molar-refractivity contribution in [2.75, 3.05) is 4.90 Å². The van der Waals surface area contributed by atoms with Crippen LogP contribution in [0.1, 0.15) is 26.3 Å². The van der Waals surface area contributed by atoms with Gasteiger partial charge in [0.05, 0.1) is 11.1 Å². The molecule has 3 rings (SSSR count). The Bertz CT molecular complexity index is 719. The highest BCUT2D eigenvalue weighted by molar-refractivity contribution is 6.34. The maximum Gasteiger partial charge on any atom is 0.267 e. The molecule has 1 aromatic heterocycles. The summed E-state index contributed by atoms with van der Waals surface area (Å²) in [6.07, 6.45) is 1.43. The molecule has 2 aromatic rings. The lowest BCUT2D eigenvalue weighted by atomic mass is 10.1. The van der Waals surface area contributed by atoms with Gasteiger partial charge in [0.1, 0.15) is 5.82 Å². The molecular formula is C14H9F2N3O2. The summed E-state index contributed by atoms with van der Waals surface area (Å²) in [5.41, 5.74) is 5.81. The summed E-state index contributed by atoms with van der Waals surface area (Å²) >= 11 is 0. The number of pyridine rings is 1. The third-order valence-electron chi connectivity index (χ3n) is 3.20. The SMILES string of the molecule is NCc1ccc(N2C(=O)c3cc(F)c(F)cc3C2=O)nc1. The Morgan fingerprint density at radius 3 is 2.05 bits per heavy atom. The molecule has 0 saturated heterocycles. The van der Waals surface area contributed by atoms with Crippen molar-refractivity contribution < 1.29 is 18.4 Å². The molecule has 0 spiro atoms. The minimum atomic E-state index is -1.18. The number of fused-ring (bicyclic) bond motifs is 1. The highest BCUT2D eigenvalue weighted by atomic mass is 19.2. The quantitative estimate of drug-likeness (QED) is 0.852. The van der Waals surface area contributed by atoms with Gasteiger partial charge in [-0.15, -0.1) is 0 Å². The zero-order valence-corrected chi connectivity index (χ0v) is 10.6. The molecule has 0 aliphatic carbocycles. The van der Waals surface area contributed by atoms with Crippen molar-refractivity contribution in [2.24, 2.45) is 5.73 Å². The van der Waals surface area contributed by atoms with Crippen LogP contribution >= 0.6 is 0 Å². The average molecular weight is 289 g/mol. The molecule has 5 nitrogen and oxygen atoms in total. The Hall–Kier alpha value is -2.67. The number of amides is 2. The smallest absolute Gasteiger partial charge is 0.267 e. The van der Waals surface area contributed by atoms with Gasteiger partial charge in [-0.05, 0) is 23.8 Å². The molecule has 7 heteroatoms. The van der Waals surface area contributed by atoms with Gasteiger partial charge in [0, 0.05) is 12.7 Å². The normalized spacial score (nSPS) is 13.8. The maximum absolute atomic E-state index is 13.2. The minimum Gasteiger partial charge on any atom is -0.326 e. The van der Waals surface area contributed by atoms with Crippen molar-refractivity contribution in [1.29, 1.82) is 0 Å². The Balaban J connectivity index is 2.06. The lowest BCUT2D eigenvalue weighted by molar-refractivity contribution is 0.0925. The van der Waals surface area contributed by atoms with Gasteiger partial charge >= 0.3 is 0 Å². The van der Waals surface area contributed by atoms with Crippen LogP contribution < -0.4 is 10.6 Å². The number of aromatic nitrogens is 1. The van der Waals surface area contributed by atoms with Crippen molar-refractivity contribution in [2.45, 2.75) is 6.54 Å². The van der Waals surface area contributed by atoms with Crippen molar-refractivity contribution in [3.05, 3.63) is 58.8 Å². The van der Waals surface area contributed by atoms with Gasteiger partial charge in [-0.25, -0.2) is 18.7 Å². The number of benzene rings is 1. The molecule has 0 atom stereocenters. The molecule has 0 bridgehead atoms. The zero-order chi connectivity index (χ0) is 15.1. The topological polar surface area (TPSA) is 76.3 Å². The molecule has 2 N–H and O–H groups in total. The van der Waals surface area contributed by atoms with Crippen LogP contribution in [0, 0.1) is 11.6 Å². The predicted molar refractivity (Wildman–Crippen MR) is 69.6 cm³/mol. The Morgan fingerprint density at radius 2 is 1.62 bits per heavy atom. The molecule has 1 aliphatic heterocycles. The van der Waals surface area contributed by atoms with Gasteiger partial charge in [-0.1, -0.05) is 6.07 Å². The Morgan fingerprint density at radius 1 is 1.05 bits per heavy atom. The van der Waals surface area contributed by atoms with Gasteiger partial charge in [0.25, 0.3) is 11.8 Å². The molecule has 2 amide bonds. The van der Waals surface area contributed by atoms with Crippen LogP contribution in [0.3, 0.4) is 0 Å². The summed E-state index contributed by atoms with van der Waals surface area (Å²) in [6, 6.07) is 4.52. The van der Waals surface area contributed by atoms with Gasteiger partial charge in [-0.3, -0.25) is 9.59 Å². The second kappa shape index (κ2) is 4.71. The molecule has 0 radical (unpaired) electrons. The minimum absolute atomic E-state index is 0.0826. The first kappa shape index (κ1) is 13.3. The second-order valence-corrected chi connectivity index (χ2v) is 4.49. The van der Waals surface area contributed by atoms with Crippen molar-refractivity contribution >= 4 is 17.6 Å². The number of anilines is 1. The molecule has 21 heavy (non-hydrogen) atoms. The fraction of sp³-hybridized carbons (Fsp3) is 0.0714. The van der Waals surface area contributed by atoms with Gasteiger partial charge in [-0.2, -0.15) is 0 Å². The van der Waals surface area contributed by atoms with E-state index in [9.17, 15) is 18.4 Å². The highest BCUT2D eigenvalue weighted by Gasteiger charge is 2.38. The predicted octanol–water partition coefficient (Wildman–Crippen LogP) is 1.62. The number of rotatable bonds is 2. The molecule has 106 valence electrons. The number of halogens is 2. The lowest BCUT2D eigenvalue weighted by Gasteiger charge is -2.12. The summed E-state index contributed by atoms with van der Waals surface area (Å²) in [6.45, 7) is 0.270. The number of nitrogens with zero attached hydrogens (tertiary/aromatic N) is 2. The number of hydrogen-bond donors (Lipinski definition) is 1. The van der Waals surface area contributed by atoms with Gasteiger partial charge < -0.3 is 5.73 Å². The van der Waals surface area contributed by atoms with Crippen LogP contribution in [0.2, 0.25) is 0 Å². The van der Waals surface area contributed by atoms with E-state index in [1.165, 1.54) is 12.3 Å². The van der Waals surface area contributed by atoms with E-state index in [0.29, 0.717) is 0 Å². The third kappa shape index (κ3) is 1.98. The van der Waals surface area contributed by atoms with Gasteiger partial charge in [0.2, 0.25) is 0 Å². The third-order valence-corrected chi connectivity index (χ3v) is 3.20. The van der Waals surface area contributed by atoms with E-state index >= 15 is 0 Å². The van der Waals surface area contributed by atoms with E-state index in [-0.39, 0.29) is 23.5 Å². The summed E-state index contributed by atoms with van der Waals surface area (Å²) in [7, 11) is 0. The summed E-state index contributed by atoms with van der Waals surface area (Å²) in [5.74, 6) is -3.74. The van der Waals surface area contributed by atoms with E-state index in [0.717, 1.165) is 22.6 Å².